The van der Waals surface area contributed by atoms with E-state index in [0.29, 0.717) is 17.4 Å². The van der Waals surface area contributed by atoms with Crippen molar-refractivity contribution < 1.29 is 8.42 Å². The highest BCUT2D eigenvalue weighted by Gasteiger charge is 2.28. The molecule has 3 aromatic rings. The predicted molar refractivity (Wildman–Crippen MR) is 133 cm³/mol. The first-order chi connectivity index (χ1) is 16.0. The quantitative estimate of drug-likeness (QED) is 0.516. The first-order valence-electron chi connectivity index (χ1n) is 11.8. The summed E-state index contributed by atoms with van der Waals surface area (Å²) in [5, 5.41) is 1.58. The summed E-state index contributed by atoms with van der Waals surface area (Å²) < 4.78 is 28.2. The van der Waals surface area contributed by atoms with E-state index in [0.717, 1.165) is 56.1 Å². The van der Waals surface area contributed by atoms with Crippen LogP contribution >= 0.6 is 0 Å². The molecule has 0 N–H and O–H groups in total. The van der Waals surface area contributed by atoms with Crippen LogP contribution in [0.4, 0.5) is 0 Å². The molecule has 0 saturated carbocycles. The van der Waals surface area contributed by atoms with Crippen molar-refractivity contribution in [3.05, 3.63) is 78.1 Å². The fraction of sp³-hybridized carbons (Fsp3) is 0.370. The third-order valence-corrected chi connectivity index (χ3v) is 9.06. The third kappa shape index (κ3) is 4.60. The van der Waals surface area contributed by atoms with Gasteiger partial charge in [0.1, 0.15) is 0 Å². The molecule has 1 aliphatic carbocycles. The number of piperidine rings is 1. The van der Waals surface area contributed by atoms with Crippen LogP contribution in [0.15, 0.2) is 71.9 Å². The van der Waals surface area contributed by atoms with Crippen molar-refractivity contribution in [3.8, 4) is 0 Å². The van der Waals surface area contributed by atoms with Gasteiger partial charge in [0, 0.05) is 43.3 Å². The predicted octanol–water partition coefficient (Wildman–Crippen LogP) is 4.60. The molecule has 1 saturated heterocycles. The van der Waals surface area contributed by atoms with Crippen LogP contribution in [0.2, 0.25) is 0 Å². The monoisotopic (exact) mass is 461 g/mol. The summed E-state index contributed by atoms with van der Waals surface area (Å²) in [5.41, 5.74) is 4.34. The molecular formula is C27H31N3O2S. The molecule has 0 bridgehead atoms. The fourth-order valence-electron chi connectivity index (χ4n) is 5.21. The van der Waals surface area contributed by atoms with Crippen molar-refractivity contribution in [1.29, 1.82) is 0 Å². The lowest BCUT2D eigenvalue weighted by molar-refractivity contribution is 0.175. The van der Waals surface area contributed by atoms with Gasteiger partial charge in [-0.2, -0.15) is 0 Å². The van der Waals surface area contributed by atoms with Gasteiger partial charge in [-0.15, -0.1) is 0 Å². The van der Waals surface area contributed by atoms with Crippen molar-refractivity contribution in [2.24, 2.45) is 5.92 Å². The lowest BCUT2D eigenvalue weighted by Crippen LogP contribution is -2.39. The number of rotatable bonds is 7. The van der Waals surface area contributed by atoms with Crippen LogP contribution in [-0.4, -0.2) is 55.8 Å². The average Bonchev–Trinajstić information content (AvgIpc) is 3.26. The number of fused-ring (bicyclic) bond motifs is 2. The number of sulfonamides is 1. The number of hydrogen-bond acceptors (Lipinski definition) is 4. The SMILES string of the molecule is CN(CC1CCN(CCC2=CCc3ccccc32)CC1)S(=O)(=O)c1cccc2cnccc12. The zero-order chi connectivity index (χ0) is 22.8. The Labute approximate surface area is 196 Å². The molecular weight excluding hydrogens is 430 g/mol. The van der Waals surface area contributed by atoms with Crippen LogP contribution in [0.1, 0.15) is 30.4 Å². The number of hydrogen-bond donors (Lipinski definition) is 0. The van der Waals surface area contributed by atoms with E-state index in [1.165, 1.54) is 16.7 Å². The Balaban J connectivity index is 1.16. The second kappa shape index (κ2) is 9.37. The van der Waals surface area contributed by atoms with Gasteiger partial charge in [0.15, 0.2) is 0 Å². The molecule has 5 nitrogen and oxygen atoms in total. The maximum atomic E-state index is 13.3. The van der Waals surface area contributed by atoms with Crippen molar-refractivity contribution in [1.82, 2.24) is 14.2 Å². The highest BCUT2D eigenvalue weighted by atomic mass is 32.2. The Morgan fingerprint density at radius 2 is 1.88 bits per heavy atom. The van der Waals surface area contributed by atoms with Gasteiger partial charge in [0.2, 0.25) is 10.0 Å². The van der Waals surface area contributed by atoms with Gasteiger partial charge in [-0.1, -0.05) is 42.5 Å². The molecule has 6 heteroatoms. The largest absolute Gasteiger partial charge is 0.303 e. The highest BCUT2D eigenvalue weighted by Crippen LogP contribution is 2.31. The molecule has 2 heterocycles. The zero-order valence-corrected chi connectivity index (χ0v) is 20.0. The normalized spacial score (nSPS) is 17.5. The van der Waals surface area contributed by atoms with Crippen LogP contribution < -0.4 is 0 Å². The molecule has 2 aromatic carbocycles. The summed E-state index contributed by atoms with van der Waals surface area (Å²) in [6, 6.07) is 15.9. The van der Waals surface area contributed by atoms with Crippen molar-refractivity contribution in [2.75, 3.05) is 33.2 Å². The van der Waals surface area contributed by atoms with Crippen LogP contribution in [0, 0.1) is 5.92 Å². The summed E-state index contributed by atoms with van der Waals surface area (Å²) >= 11 is 0. The number of benzene rings is 2. The molecule has 1 aliphatic heterocycles. The number of pyridine rings is 1. The van der Waals surface area contributed by atoms with Crippen LogP contribution in [-0.2, 0) is 16.4 Å². The van der Waals surface area contributed by atoms with Crippen LogP contribution in [0.3, 0.4) is 0 Å². The number of likely N-dealkylation sites (tertiary alicyclic amines) is 1. The first-order valence-corrected chi connectivity index (χ1v) is 13.2. The molecule has 0 spiro atoms. The number of aromatic nitrogens is 1. The topological polar surface area (TPSA) is 53.5 Å². The average molecular weight is 462 g/mol. The lowest BCUT2D eigenvalue weighted by atomic mass is 9.96. The Bertz CT molecular complexity index is 1270. The summed E-state index contributed by atoms with van der Waals surface area (Å²) in [7, 11) is -1.83. The third-order valence-electron chi connectivity index (χ3n) is 7.18. The van der Waals surface area contributed by atoms with E-state index in [2.05, 4.69) is 40.2 Å². The van der Waals surface area contributed by atoms with Gasteiger partial charge in [-0.25, -0.2) is 12.7 Å². The van der Waals surface area contributed by atoms with E-state index in [1.807, 2.05) is 6.07 Å². The maximum absolute atomic E-state index is 13.3. The standard InChI is InChI=1S/C27H31N3O2S/c1-29(33(31,32)27-8-4-6-24-19-28-15-11-26(24)27)20-21-12-16-30(17-13-21)18-14-23-10-9-22-5-2-3-7-25(22)23/h2-8,10-11,15,19,21H,9,12-14,16-18,20H2,1H3. The zero-order valence-electron chi connectivity index (χ0n) is 19.2. The molecule has 0 unspecified atom stereocenters. The van der Waals surface area contributed by atoms with E-state index < -0.39 is 10.0 Å². The second-order valence-corrected chi connectivity index (χ2v) is 11.3. The van der Waals surface area contributed by atoms with Gasteiger partial charge in [-0.05, 0) is 73.5 Å². The Kier molecular flexibility index (Phi) is 6.32. The van der Waals surface area contributed by atoms with Gasteiger partial charge in [0.05, 0.1) is 4.90 Å². The molecule has 0 atom stereocenters. The molecule has 5 rings (SSSR count). The van der Waals surface area contributed by atoms with Gasteiger partial charge >= 0.3 is 0 Å². The molecule has 1 aromatic heterocycles. The van der Waals surface area contributed by atoms with Crippen molar-refractivity contribution in [3.63, 3.8) is 0 Å². The minimum absolute atomic E-state index is 0.368. The number of nitrogens with zero attached hydrogens (tertiary/aromatic N) is 3. The molecule has 0 radical (unpaired) electrons. The number of allylic oxidation sites excluding steroid dienone is 1. The molecule has 0 amide bonds. The smallest absolute Gasteiger partial charge is 0.243 e. The summed E-state index contributed by atoms with van der Waals surface area (Å²) in [5.74, 6) is 0.393. The Hall–Kier alpha value is -2.54. The summed E-state index contributed by atoms with van der Waals surface area (Å²) in [6.45, 7) is 3.71. The minimum Gasteiger partial charge on any atom is -0.303 e. The van der Waals surface area contributed by atoms with E-state index in [9.17, 15) is 8.42 Å². The maximum Gasteiger partial charge on any atom is 0.243 e. The van der Waals surface area contributed by atoms with Crippen LogP contribution in [0.25, 0.3) is 16.3 Å². The highest BCUT2D eigenvalue weighted by molar-refractivity contribution is 7.89. The molecule has 172 valence electrons. The summed E-state index contributed by atoms with van der Waals surface area (Å²) in [4.78, 5) is 7.02. The van der Waals surface area contributed by atoms with E-state index >= 15 is 0 Å². The van der Waals surface area contributed by atoms with Crippen molar-refractivity contribution >= 4 is 26.4 Å². The van der Waals surface area contributed by atoms with E-state index in [-0.39, 0.29) is 0 Å². The first kappa shape index (κ1) is 22.3. The van der Waals surface area contributed by atoms with Crippen LogP contribution in [0.5, 0.6) is 0 Å². The fourth-order valence-corrected chi connectivity index (χ4v) is 6.67. The Morgan fingerprint density at radius 3 is 2.73 bits per heavy atom. The molecule has 1 fully saturated rings. The van der Waals surface area contributed by atoms with E-state index in [4.69, 9.17) is 0 Å². The summed E-state index contributed by atoms with van der Waals surface area (Å²) in [6.07, 6.45) is 9.96. The second-order valence-electron chi connectivity index (χ2n) is 9.26. The molecule has 33 heavy (non-hydrogen) atoms. The lowest BCUT2D eigenvalue weighted by Gasteiger charge is -2.33. The minimum atomic E-state index is -3.54. The van der Waals surface area contributed by atoms with Gasteiger partial charge in [-0.3, -0.25) is 4.98 Å². The van der Waals surface area contributed by atoms with Gasteiger partial charge < -0.3 is 4.90 Å². The van der Waals surface area contributed by atoms with Gasteiger partial charge in [0.25, 0.3) is 0 Å². The van der Waals surface area contributed by atoms with E-state index in [1.54, 1.807) is 41.9 Å². The van der Waals surface area contributed by atoms with Crippen molar-refractivity contribution in [2.45, 2.75) is 30.6 Å². The Morgan fingerprint density at radius 1 is 1.06 bits per heavy atom. The molecule has 2 aliphatic rings.